The Bertz CT molecular complexity index is 466. The van der Waals surface area contributed by atoms with E-state index in [0.717, 1.165) is 55.6 Å². The van der Waals surface area contributed by atoms with Crippen LogP contribution in [0.2, 0.25) is 0 Å². The molecule has 0 aliphatic heterocycles. The number of rotatable bonds is 7. The van der Waals surface area contributed by atoms with Crippen molar-refractivity contribution in [2.75, 3.05) is 18.4 Å². The first kappa shape index (κ1) is 14.9. The molecule has 0 aromatic heterocycles. The molecule has 1 aliphatic rings. The van der Waals surface area contributed by atoms with Crippen molar-refractivity contribution < 1.29 is 4.79 Å². The summed E-state index contributed by atoms with van der Waals surface area (Å²) in [5.74, 6) is 0.191. The van der Waals surface area contributed by atoms with Gasteiger partial charge in [-0.1, -0.05) is 25.5 Å². The van der Waals surface area contributed by atoms with Crippen molar-refractivity contribution >= 4 is 11.6 Å². The van der Waals surface area contributed by atoms with Gasteiger partial charge in [0.2, 0.25) is 0 Å². The Labute approximate surface area is 122 Å². The Kier molecular flexibility index (Phi) is 5.05. The number of hydrogen-bond donors (Lipinski definition) is 1. The normalized spacial score (nSPS) is 14.2. The molecule has 110 valence electrons. The molecule has 1 aromatic rings. The Morgan fingerprint density at radius 1 is 1.30 bits per heavy atom. The van der Waals surface area contributed by atoms with E-state index >= 15 is 0 Å². The fourth-order valence-electron chi connectivity index (χ4n) is 2.48. The Balaban J connectivity index is 2.23. The molecule has 0 radical (unpaired) electrons. The Morgan fingerprint density at radius 3 is 2.65 bits per heavy atom. The standard InChI is InChI=1S/C17H26N2O/c1-4-10-18-16-9-6-13(3)12-15(16)17(20)19(11-5-2)14-7-8-14/h6,9,12,14,18H,4-5,7-8,10-11H2,1-3H3. The minimum Gasteiger partial charge on any atom is -0.384 e. The lowest BCUT2D eigenvalue weighted by atomic mass is 10.1. The predicted octanol–water partition coefficient (Wildman–Crippen LogP) is 3.83. The van der Waals surface area contributed by atoms with Crippen molar-refractivity contribution in [2.45, 2.75) is 52.5 Å². The third kappa shape index (κ3) is 3.53. The number of nitrogens with zero attached hydrogens (tertiary/aromatic N) is 1. The summed E-state index contributed by atoms with van der Waals surface area (Å²) in [6.07, 6.45) is 4.40. The summed E-state index contributed by atoms with van der Waals surface area (Å²) in [5, 5.41) is 3.38. The summed E-state index contributed by atoms with van der Waals surface area (Å²) in [6.45, 7) is 8.08. The van der Waals surface area contributed by atoms with Gasteiger partial charge in [0.25, 0.3) is 5.91 Å². The molecule has 1 aliphatic carbocycles. The van der Waals surface area contributed by atoms with Gasteiger partial charge in [0, 0.05) is 24.8 Å². The Morgan fingerprint density at radius 2 is 2.05 bits per heavy atom. The molecule has 0 heterocycles. The molecule has 2 rings (SSSR count). The van der Waals surface area contributed by atoms with Crippen molar-refractivity contribution in [3.05, 3.63) is 29.3 Å². The van der Waals surface area contributed by atoms with E-state index in [-0.39, 0.29) is 5.91 Å². The number of benzene rings is 1. The highest BCUT2D eigenvalue weighted by molar-refractivity contribution is 6.00. The Hall–Kier alpha value is -1.51. The van der Waals surface area contributed by atoms with Crippen LogP contribution in [-0.2, 0) is 0 Å². The monoisotopic (exact) mass is 274 g/mol. The van der Waals surface area contributed by atoms with Crippen LogP contribution in [0.15, 0.2) is 18.2 Å². The molecular formula is C17H26N2O. The highest BCUT2D eigenvalue weighted by Crippen LogP contribution is 2.30. The number of carbonyl (C=O) groups is 1. The second kappa shape index (κ2) is 6.78. The van der Waals surface area contributed by atoms with Crippen LogP contribution in [-0.4, -0.2) is 29.9 Å². The fourth-order valence-corrected chi connectivity index (χ4v) is 2.48. The van der Waals surface area contributed by atoms with Crippen molar-refractivity contribution in [1.29, 1.82) is 0 Å². The summed E-state index contributed by atoms with van der Waals surface area (Å²) in [5.41, 5.74) is 2.95. The molecule has 1 fully saturated rings. The largest absolute Gasteiger partial charge is 0.384 e. The number of anilines is 1. The van der Waals surface area contributed by atoms with Gasteiger partial charge >= 0.3 is 0 Å². The maximum Gasteiger partial charge on any atom is 0.256 e. The third-order valence-corrected chi connectivity index (χ3v) is 3.68. The number of nitrogens with one attached hydrogen (secondary N) is 1. The van der Waals surface area contributed by atoms with Gasteiger partial charge in [-0.15, -0.1) is 0 Å². The first-order chi connectivity index (χ1) is 9.67. The number of hydrogen-bond acceptors (Lipinski definition) is 2. The predicted molar refractivity (Wildman–Crippen MR) is 84.3 cm³/mol. The average molecular weight is 274 g/mol. The molecular weight excluding hydrogens is 248 g/mol. The minimum atomic E-state index is 0.191. The smallest absolute Gasteiger partial charge is 0.256 e. The zero-order valence-electron chi connectivity index (χ0n) is 12.9. The lowest BCUT2D eigenvalue weighted by Gasteiger charge is -2.23. The van der Waals surface area contributed by atoms with Gasteiger partial charge in [0.15, 0.2) is 0 Å². The summed E-state index contributed by atoms with van der Waals surface area (Å²) in [4.78, 5) is 14.9. The fraction of sp³-hybridized carbons (Fsp3) is 0.588. The van der Waals surface area contributed by atoms with Crippen LogP contribution >= 0.6 is 0 Å². The summed E-state index contributed by atoms with van der Waals surface area (Å²) >= 11 is 0. The van der Waals surface area contributed by atoms with Crippen LogP contribution in [0, 0.1) is 6.92 Å². The van der Waals surface area contributed by atoms with Gasteiger partial charge in [-0.25, -0.2) is 0 Å². The first-order valence-electron chi connectivity index (χ1n) is 7.82. The van der Waals surface area contributed by atoms with Crippen molar-refractivity contribution in [3.63, 3.8) is 0 Å². The molecule has 20 heavy (non-hydrogen) atoms. The lowest BCUT2D eigenvalue weighted by molar-refractivity contribution is 0.0744. The van der Waals surface area contributed by atoms with Crippen LogP contribution in [0.4, 0.5) is 5.69 Å². The van der Waals surface area contributed by atoms with E-state index in [1.165, 1.54) is 0 Å². The van der Waals surface area contributed by atoms with Gasteiger partial charge in [-0.2, -0.15) is 0 Å². The van der Waals surface area contributed by atoms with Crippen molar-refractivity contribution in [1.82, 2.24) is 4.90 Å². The highest BCUT2D eigenvalue weighted by atomic mass is 16.2. The molecule has 1 N–H and O–H groups in total. The quantitative estimate of drug-likeness (QED) is 0.819. The zero-order valence-corrected chi connectivity index (χ0v) is 12.9. The van der Waals surface area contributed by atoms with Crippen molar-refractivity contribution in [2.24, 2.45) is 0 Å². The van der Waals surface area contributed by atoms with E-state index in [4.69, 9.17) is 0 Å². The van der Waals surface area contributed by atoms with Gasteiger partial charge < -0.3 is 10.2 Å². The number of carbonyl (C=O) groups excluding carboxylic acids is 1. The van der Waals surface area contributed by atoms with Crippen LogP contribution in [0.5, 0.6) is 0 Å². The SMILES string of the molecule is CCCNc1ccc(C)cc1C(=O)N(CCC)C1CC1. The van der Waals surface area contributed by atoms with E-state index in [2.05, 4.69) is 30.1 Å². The maximum atomic E-state index is 12.8. The van der Waals surface area contributed by atoms with Crippen molar-refractivity contribution in [3.8, 4) is 0 Å². The van der Waals surface area contributed by atoms with E-state index in [0.29, 0.717) is 6.04 Å². The molecule has 1 aromatic carbocycles. The molecule has 0 bridgehead atoms. The molecule has 3 nitrogen and oxygen atoms in total. The van der Waals surface area contributed by atoms with Gasteiger partial charge in [-0.05, 0) is 44.7 Å². The van der Waals surface area contributed by atoms with Crippen LogP contribution in [0.3, 0.4) is 0 Å². The molecule has 0 saturated heterocycles. The molecule has 0 atom stereocenters. The second-order valence-electron chi connectivity index (χ2n) is 5.71. The van der Waals surface area contributed by atoms with Gasteiger partial charge in [0.05, 0.1) is 5.56 Å². The molecule has 0 spiro atoms. The topological polar surface area (TPSA) is 32.3 Å². The number of amides is 1. The van der Waals surface area contributed by atoms with E-state index < -0.39 is 0 Å². The van der Waals surface area contributed by atoms with E-state index in [9.17, 15) is 4.79 Å². The van der Waals surface area contributed by atoms with E-state index in [1.807, 2.05) is 19.1 Å². The van der Waals surface area contributed by atoms with Crippen LogP contribution in [0.25, 0.3) is 0 Å². The maximum absolute atomic E-state index is 12.8. The van der Waals surface area contributed by atoms with Crippen LogP contribution < -0.4 is 5.32 Å². The molecule has 1 saturated carbocycles. The first-order valence-corrected chi connectivity index (χ1v) is 7.82. The summed E-state index contributed by atoms with van der Waals surface area (Å²) < 4.78 is 0. The number of aryl methyl sites for hydroxylation is 1. The second-order valence-corrected chi connectivity index (χ2v) is 5.71. The zero-order chi connectivity index (χ0) is 14.5. The average Bonchev–Trinajstić information content (AvgIpc) is 3.27. The molecule has 1 amide bonds. The third-order valence-electron chi connectivity index (χ3n) is 3.68. The minimum absolute atomic E-state index is 0.191. The molecule has 3 heteroatoms. The lowest BCUT2D eigenvalue weighted by Crippen LogP contribution is -2.34. The summed E-state index contributed by atoms with van der Waals surface area (Å²) in [6, 6.07) is 6.60. The highest BCUT2D eigenvalue weighted by Gasteiger charge is 2.33. The summed E-state index contributed by atoms with van der Waals surface area (Å²) in [7, 11) is 0. The van der Waals surface area contributed by atoms with E-state index in [1.54, 1.807) is 0 Å². The van der Waals surface area contributed by atoms with Crippen LogP contribution in [0.1, 0.15) is 55.5 Å². The molecule has 0 unspecified atom stereocenters. The van der Waals surface area contributed by atoms with Gasteiger partial charge in [0.1, 0.15) is 0 Å². The van der Waals surface area contributed by atoms with Gasteiger partial charge in [-0.3, -0.25) is 4.79 Å².